The van der Waals surface area contributed by atoms with E-state index < -0.39 is 0 Å². The van der Waals surface area contributed by atoms with Gasteiger partial charge < -0.3 is 14.3 Å². The summed E-state index contributed by atoms with van der Waals surface area (Å²) in [5.74, 6) is 0.613. The summed E-state index contributed by atoms with van der Waals surface area (Å²) in [4.78, 5) is 30.0. The van der Waals surface area contributed by atoms with E-state index in [2.05, 4.69) is 5.16 Å². The number of carbonyl (C=O) groups is 2. The third kappa shape index (κ3) is 4.57. The molecule has 172 valence electrons. The maximum atomic E-state index is 14.1. The molecule has 1 unspecified atom stereocenters. The number of rotatable bonds is 5. The van der Waals surface area contributed by atoms with Crippen LogP contribution in [-0.2, 0) is 17.6 Å². The van der Waals surface area contributed by atoms with Crippen LogP contribution in [0.25, 0.3) is 0 Å². The standard InChI is InChI=1S/C25H32FN3O3/c1-3-21-24(17(2)32-27-21)25(31)28-14-11-18(12-15-28)22-10-6-7-13-29(22)23(30)16-19-8-4-5-9-20(19)26/h4-5,8-9,18,22H,3,6-7,10-16H2,1-2H3. The summed E-state index contributed by atoms with van der Waals surface area (Å²) in [5.41, 5.74) is 1.77. The SMILES string of the molecule is CCc1noc(C)c1C(=O)N1CCC(C2CCCCN2C(=O)Cc2ccccc2F)CC1. The molecule has 1 aromatic heterocycles. The Balaban J connectivity index is 1.40. The molecule has 0 N–H and O–H groups in total. The number of benzene rings is 1. The smallest absolute Gasteiger partial charge is 0.259 e. The largest absolute Gasteiger partial charge is 0.361 e. The van der Waals surface area contributed by atoms with Crippen molar-refractivity contribution in [2.45, 2.75) is 64.8 Å². The quantitative estimate of drug-likeness (QED) is 0.699. The molecular weight excluding hydrogens is 409 g/mol. The fourth-order valence-corrected chi connectivity index (χ4v) is 5.24. The number of likely N-dealkylation sites (tertiary alicyclic amines) is 2. The lowest BCUT2D eigenvalue weighted by Gasteiger charge is -2.43. The van der Waals surface area contributed by atoms with Gasteiger partial charge in [0.2, 0.25) is 5.91 Å². The number of aryl methyl sites for hydroxylation is 2. The van der Waals surface area contributed by atoms with E-state index in [1.807, 2.05) is 16.7 Å². The molecule has 0 radical (unpaired) electrons. The summed E-state index contributed by atoms with van der Waals surface area (Å²) in [6, 6.07) is 6.68. The van der Waals surface area contributed by atoms with E-state index in [-0.39, 0.29) is 30.1 Å². The molecule has 4 rings (SSSR count). The minimum atomic E-state index is -0.322. The van der Waals surface area contributed by atoms with Crippen molar-refractivity contribution in [3.05, 3.63) is 52.7 Å². The topological polar surface area (TPSA) is 66.7 Å². The predicted molar refractivity (Wildman–Crippen MR) is 119 cm³/mol. The van der Waals surface area contributed by atoms with E-state index in [0.29, 0.717) is 48.0 Å². The molecule has 0 saturated carbocycles. The van der Waals surface area contributed by atoms with E-state index in [9.17, 15) is 14.0 Å². The normalized spacial score (nSPS) is 19.9. The Morgan fingerprint density at radius 3 is 2.59 bits per heavy atom. The molecule has 2 fully saturated rings. The second-order valence-electron chi connectivity index (χ2n) is 8.96. The van der Waals surface area contributed by atoms with Crippen LogP contribution >= 0.6 is 0 Å². The van der Waals surface area contributed by atoms with Crippen LogP contribution < -0.4 is 0 Å². The fourth-order valence-electron chi connectivity index (χ4n) is 5.24. The van der Waals surface area contributed by atoms with Crippen LogP contribution in [0.4, 0.5) is 4.39 Å². The van der Waals surface area contributed by atoms with Gasteiger partial charge in [-0.15, -0.1) is 0 Å². The minimum Gasteiger partial charge on any atom is -0.361 e. The molecule has 1 atom stereocenters. The van der Waals surface area contributed by atoms with Crippen molar-refractivity contribution in [2.75, 3.05) is 19.6 Å². The van der Waals surface area contributed by atoms with E-state index in [1.165, 1.54) is 6.07 Å². The average molecular weight is 442 g/mol. The van der Waals surface area contributed by atoms with Crippen molar-refractivity contribution in [2.24, 2.45) is 5.92 Å². The average Bonchev–Trinajstić information content (AvgIpc) is 3.20. The highest BCUT2D eigenvalue weighted by atomic mass is 19.1. The summed E-state index contributed by atoms with van der Waals surface area (Å²) in [7, 11) is 0. The predicted octanol–water partition coefficient (Wildman–Crippen LogP) is 4.16. The molecular formula is C25H32FN3O3. The molecule has 2 aromatic rings. The van der Waals surface area contributed by atoms with Gasteiger partial charge in [0.1, 0.15) is 17.1 Å². The van der Waals surface area contributed by atoms with Gasteiger partial charge in [-0.3, -0.25) is 9.59 Å². The first-order chi connectivity index (χ1) is 15.5. The molecule has 0 bridgehead atoms. The molecule has 7 heteroatoms. The van der Waals surface area contributed by atoms with Crippen molar-refractivity contribution in [1.29, 1.82) is 0 Å². The Labute approximate surface area is 188 Å². The third-order valence-electron chi connectivity index (χ3n) is 7.02. The van der Waals surface area contributed by atoms with E-state index in [1.54, 1.807) is 25.1 Å². The zero-order chi connectivity index (χ0) is 22.7. The molecule has 3 heterocycles. The molecule has 2 aliphatic heterocycles. The third-order valence-corrected chi connectivity index (χ3v) is 7.02. The van der Waals surface area contributed by atoms with Crippen LogP contribution in [0.1, 0.15) is 66.4 Å². The van der Waals surface area contributed by atoms with Crippen molar-refractivity contribution < 1.29 is 18.5 Å². The second-order valence-corrected chi connectivity index (χ2v) is 8.96. The number of aromatic nitrogens is 1. The van der Waals surface area contributed by atoms with E-state index >= 15 is 0 Å². The van der Waals surface area contributed by atoms with Gasteiger partial charge in [0.15, 0.2) is 0 Å². The molecule has 2 aliphatic rings. The van der Waals surface area contributed by atoms with Crippen LogP contribution in [0.15, 0.2) is 28.8 Å². The van der Waals surface area contributed by atoms with Gasteiger partial charge >= 0.3 is 0 Å². The highest BCUT2D eigenvalue weighted by molar-refractivity contribution is 5.96. The molecule has 0 spiro atoms. The summed E-state index contributed by atoms with van der Waals surface area (Å²) < 4.78 is 19.3. The van der Waals surface area contributed by atoms with Crippen LogP contribution in [0.3, 0.4) is 0 Å². The first kappa shape index (κ1) is 22.5. The first-order valence-electron chi connectivity index (χ1n) is 11.8. The summed E-state index contributed by atoms with van der Waals surface area (Å²) >= 11 is 0. The lowest BCUT2D eigenvalue weighted by molar-refractivity contribution is -0.136. The zero-order valence-corrected chi connectivity index (χ0v) is 19.0. The zero-order valence-electron chi connectivity index (χ0n) is 19.0. The van der Waals surface area contributed by atoms with Gasteiger partial charge in [0.05, 0.1) is 12.1 Å². The Hall–Kier alpha value is -2.70. The van der Waals surface area contributed by atoms with Gasteiger partial charge in [-0.05, 0) is 63.0 Å². The Kier molecular flexibility index (Phi) is 6.92. The van der Waals surface area contributed by atoms with Gasteiger partial charge in [0, 0.05) is 25.7 Å². The van der Waals surface area contributed by atoms with Gasteiger partial charge in [-0.25, -0.2) is 4.39 Å². The molecule has 0 aliphatic carbocycles. The number of hydrogen-bond donors (Lipinski definition) is 0. The van der Waals surface area contributed by atoms with Gasteiger partial charge in [-0.1, -0.05) is 30.3 Å². The number of piperidine rings is 2. The molecule has 2 amide bonds. The summed E-state index contributed by atoms with van der Waals surface area (Å²) in [6.07, 6.45) is 5.57. The van der Waals surface area contributed by atoms with Crippen molar-refractivity contribution in [1.82, 2.24) is 15.0 Å². The molecule has 32 heavy (non-hydrogen) atoms. The summed E-state index contributed by atoms with van der Waals surface area (Å²) in [6.45, 7) is 5.83. The Bertz CT molecular complexity index is 965. The highest BCUT2D eigenvalue weighted by Gasteiger charge is 2.36. The second kappa shape index (κ2) is 9.84. The lowest BCUT2D eigenvalue weighted by atomic mass is 9.83. The Morgan fingerprint density at radius 1 is 1.12 bits per heavy atom. The van der Waals surface area contributed by atoms with Crippen molar-refractivity contribution in [3.63, 3.8) is 0 Å². The van der Waals surface area contributed by atoms with Crippen LogP contribution in [-0.4, -0.2) is 52.4 Å². The van der Waals surface area contributed by atoms with Crippen molar-refractivity contribution >= 4 is 11.8 Å². The number of carbonyl (C=O) groups excluding carboxylic acids is 2. The first-order valence-corrected chi connectivity index (χ1v) is 11.8. The highest BCUT2D eigenvalue weighted by Crippen LogP contribution is 2.32. The fraction of sp³-hybridized carbons (Fsp3) is 0.560. The molecule has 1 aromatic carbocycles. The molecule has 6 nitrogen and oxygen atoms in total. The Morgan fingerprint density at radius 2 is 1.88 bits per heavy atom. The van der Waals surface area contributed by atoms with E-state index in [4.69, 9.17) is 4.52 Å². The van der Waals surface area contributed by atoms with Gasteiger partial charge in [-0.2, -0.15) is 0 Å². The maximum Gasteiger partial charge on any atom is 0.259 e. The van der Waals surface area contributed by atoms with Gasteiger partial charge in [0.25, 0.3) is 5.91 Å². The van der Waals surface area contributed by atoms with Crippen LogP contribution in [0, 0.1) is 18.7 Å². The minimum absolute atomic E-state index is 0.00446. The van der Waals surface area contributed by atoms with Crippen LogP contribution in [0.2, 0.25) is 0 Å². The molecule has 2 saturated heterocycles. The monoisotopic (exact) mass is 441 g/mol. The lowest BCUT2D eigenvalue weighted by Crippen LogP contribution is -2.51. The maximum absolute atomic E-state index is 14.1. The number of hydrogen-bond acceptors (Lipinski definition) is 4. The van der Waals surface area contributed by atoms with E-state index in [0.717, 1.165) is 38.6 Å². The van der Waals surface area contributed by atoms with Crippen LogP contribution in [0.5, 0.6) is 0 Å². The number of halogens is 1. The number of amides is 2. The summed E-state index contributed by atoms with van der Waals surface area (Å²) in [5, 5.41) is 4.02. The van der Waals surface area contributed by atoms with Crippen molar-refractivity contribution in [3.8, 4) is 0 Å². The number of nitrogens with zero attached hydrogens (tertiary/aromatic N) is 3.